The summed E-state index contributed by atoms with van der Waals surface area (Å²) in [5.41, 5.74) is 3.79. The number of rotatable bonds is 7. The van der Waals surface area contributed by atoms with Gasteiger partial charge in [0.05, 0.1) is 0 Å². The van der Waals surface area contributed by atoms with E-state index in [1.54, 1.807) is 0 Å². The first-order valence-electron chi connectivity index (χ1n) is 11.8. The largest absolute Gasteiger partial charge is 0.370 e. The molecule has 4 aromatic rings. The molecule has 1 N–H and O–H groups in total. The van der Waals surface area contributed by atoms with Crippen LogP contribution in [-0.4, -0.2) is 59.2 Å². The molecule has 0 unspecified atom stereocenters. The molecular weight excluding hydrogens is 408 g/mol. The third kappa shape index (κ3) is 5.01. The number of aryl methyl sites for hydroxylation is 2. The van der Waals surface area contributed by atoms with Crippen LogP contribution in [0.1, 0.15) is 12.0 Å². The van der Waals surface area contributed by atoms with Gasteiger partial charge in [-0.2, -0.15) is 0 Å². The molecule has 170 valence electrons. The third-order valence-electron chi connectivity index (χ3n) is 6.55. The number of nitrogens with zero attached hydrogens (tertiary/aromatic N) is 5. The summed E-state index contributed by atoms with van der Waals surface area (Å²) < 4.78 is 2.15. The van der Waals surface area contributed by atoms with Gasteiger partial charge in [0.15, 0.2) is 0 Å². The molecule has 0 saturated carbocycles. The molecule has 1 aliphatic heterocycles. The summed E-state index contributed by atoms with van der Waals surface area (Å²) in [6.45, 7) is 5.19. The SMILES string of the molecule is CN1CCN(c2cc(CCCNc3cc4cc(-c5cccn5C)ccc4cn3)ccn2)CC1. The third-order valence-corrected chi connectivity index (χ3v) is 6.55. The van der Waals surface area contributed by atoms with E-state index in [2.05, 4.69) is 98.5 Å². The van der Waals surface area contributed by atoms with Crippen molar-refractivity contribution in [2.24, 2.45) is 7.05 Å². The molecule has 0 aliphatic carbocycles. The Morgan fingerprint density at radius 3 is 2.61 bits per heavy atom. The van der Waals surface area contributed by atoms with E-state index in [0.717, 1.165) is 62.6 Å². The van der Waals surface area contributed by atoms with E-state index in [-0.39, 0.29) is 0 Å². The quantitative estimate of drug-likeness (QED) is 0.431. The highest BCUT2D eigenvalue weighted by Crippen LogP contribution is 2.25. The van der Waals surface area contributed by atoms with E-state index < -0.39 is 0 Å². The molecule has 0 spiro atoms. The van der Waals surface area contributed by atoms with Crippen molar-refractivity contribution >= 4 is 22.4 Å². The van der Waals surface area contributed by atoms with Crippen LogP contribution in [0.5, 0.6) is 0 Å². The molecule has 5 rings (SSSR count). The predicted molar refractivity (Wildman–Crippen MR) is 137 cm³/mol. The maximum atomic E-state index is 4.61. The van der Waals surface area contributed by atoms with E-state index >= 15 is 0 Å². The monoisotopic (exact) mass is 440 g/mol. The van der Waals surface area contributed by atoms with Crippen LogP contribution in [0.3, 0.4) is 0 Å². The van der Waals surface area contributed by atoms with E-state index in [1.165, 1.54) is 22.2 Å². The van der Waals surface area contributed by atoms with Crippen LogP contribution in [0.4, 0.5) is 11.6 Å². The Balaban J connectivity index is 1.18. The number of piperazine rings is 1. The number of anilines is 2. The zero-order valence-corrected chi connectivity index (χ0v) is 19.5. The van der Waals surface area contributed by atoms with Gasteiger partial charge in [-0.1, -0.05) is 12.1 Å². The molecule has 0 amide bonds. The highest BCUT2D eigenvalue weighted by atomic mass is 15.3. The van der Waals surface area contributed by atoms with Gasteiger partial charge in [0.2, 0.25) is 0 Å². The van der Waals surface area contributed by atoms with Gasteiger partial charge >= 0.3 is 0 Å². The fraction of sp³-hybridized carbons (Fsp3) is 0.333. The second-order valence-electron chi connectivity index (χ2n) is 8.98. The minimum Gasteiger partial charge on any atom is -0.370 e. The summed E-state index contributed by atoms with van der Waals surface area (Å²) in [7, 11) is 4.26. The number of fused-ring (bicyclic) bond motifs is 1. The maximum Gasteiger partial charge on any atom is 0.128 e. The Morgan fingerprint density at radius 2 is 1.79 bits per heavy atom. The number of hydrogen-bond acceptors (Lipinski definition) is 5. The fourth-order valence-corrected chi connectivity index (χ4v) is 4.49. The fourth-order valence-electron chi connectivity index (χ4n) is 4.49. The Bertz CT molecular complexity index is 1220. The van der Waals surface area contributed by atoms with Crippen molar-refractivity contribution < 1.29 is 0 Å². The van der Waals surface area contributed by atoms with Crippen LogP contribution in [0.15, 0.2) is 67.1 Å². The second-order valence-corrected chi connectivity index (χ2v) is 8.98. The Labute approximate surface area is 195 Å². The van der Waals surface area contributed by atoms with Crippen LogP contribution < -0.4 is 10.2 Å². The molecule has 1 fully saturated rings. The first kappa shape index (κ1) is 21.5. The standard InChI is InChI=1S/C27H32N6/c1-31-13-15-33(16-14-31)27-17-21(9-11-29-27)5-3-10-28-26-19-24-18-22(7-8-23(24)20-30-26)25-6-4-12-32(25)2/h4,6-9,11-12,17-20H,3,5,10,13-16H2,1-2H3,(H,28,30). The zero-order chi connectivity index (χ0) is 22.6. The highest BCUT2D eigenvalue weighted by molar-refractivity contribution is 5.88. The van der Waals surface area contributed by atoms with Gasteiger partial charge in [0, 0.05) is 69.4 Å². The second kappa shape index (κ2) is 9.63. The first-order chi connectivity index (χ1) is 16.2. The van der Waals surface area contributed by atoms with E-state index in [4.69, 9.17) is 0 Å². The van der Waals surface area contributed by atoms with Crippen molar-refractivity contribution in [3.63, 3.8) is 0 Å². The lowest BCUT2D eigenvalue weighted by molar-refractivity contribution is 0.312. The van der Waals surface area contributed by atoms with E-state index in [0.29, 0.717) is 0 Å². The molecule has 1 aromatic carbocycles. The Kier molecular flexibility index (Phi) is 6.26. The molecule has 33 heavy (non-hydrogen) atoms. The summed E-state index contributed by atoms with van der Waals surface area (Å²) in [5.74, 6) is 2.04. The van der Waals surface area contributed by atoms with Gasteiger partial charge < -0.3 is 19.7 Å². The zero-order valence-electron chi connectivity index (χ0n) is 19.5. The number of hydrogen-bond donors (Lipinski definition) is 1. The van der Waals surface area contributed by atoms with Crippen molar-refractivity contribution in [2.75, 3.05) is 50.0 Å². The number of nitrogens with one attached hydrogen (secondary N) is 1. The first-order valence-corrected chi connectivity index (χ1v) is 11.8. The van der Waals surface area contributed by atoms with Gasteiger partial charge in [-0.15, -0.1) is 0 Å². The van der Waals surface area contributed by atoms with Crippen LogP contribution in [0, 0.1) is 0 Å². The van der Waals surface area contributed by atoms with E-state index in [9.17, 15) is 0 Å². The van der Waals surface area contributed by atoms with Crippen LogP contribution in [0.2, 0.25) is 0 Å². The normalized spacial score (nSPS) is 14.7. The summed E-state index contributed by atoms with van der Waals surface area (Å²) in [5, 5.41) is 5.87. The molecular formula is C27H32N6. The van der Waals surface area contributed by atoms with Crippen molar-refractivity contribution in [1.29, 1.82) is 0 Å². The number of aromatic nitrogens is 3. The Hall–Kier alpha value is -3.38. The van der Waals surface area contributed by atoms with Crippen molar-refractivity contribution in [1.82, 2.24) is 19.4 Å². The summed E-state index contributed by atoms with van der Waals surface area (Å²) in [6, 6.07) is 17.3. The molecule has 0 bridgehead atoms. The lowest BCUT2D eigenvalue weighted by atomic mass is 10.1. The smallest absolute Gasteiger partial charge is 0.128 e. The maximum absolute atomic E-state index is 4.61. The summed E-state index contributed by atoms with van der Waals surface area (Å²) in [4.78, 5) is 14.0. The van der Waals surface area contributed by atoms with Gasteiger partial charge in [0.1, 0.15) is 11.6 Å². The number of pyridine rings is 2. The topological polar surface area (TPSA) is 49.2 Å². The summed E-state index contributed by atoms with van der Waals surface area (Å²) >= 11 is 0. The number of likely N-dealkylation sites (N-methyl/N-ethyl adjacent to an activating group) is 1. The minimum absolute atomic E-state index is 0.891. The Morgan fingerprint density at radius 1 is 0.909 bits per heavy atom. The van der Waals surface area contributed by atoms with Gasteiger partial charge in [-0.3, -0.25) is 0 Å². The minimum atomic E-state index is 0.891. The lowest BCUT2D eigenvalue weighted by Gasteiger charge is -2.33. The molecule has 3 aromatic heterocycles. The van der Waals surface area contributed by atoms with Crippen LogP contribution >= 0.6 is 0 Å². The molecule has 0 atom stereocenters. The van der Waals surface area contributed by atoms with Crippen LogP contribution in [-0.2, 0) is 13.5 Å². The van der Waals surface area contributed by atoms with Crippen LogP contribution in [0.25, 0.3) is 22.0 Å². The average molecular weight is 441 g/mol. The van der Waals surface area contributed by atoms with Gasteiger partial charge in [0.25, 0.3) is 0 Å². The summed E-state index contributed by atoms with van der Waals surface area (Å²) in [6.07, 6.45) is 8.07. The lowest BCUT2D eigenvalue weighted by Crippen LogP contribution is -2.44. The predicted octanol–water partition coefficient (Wildman–Crippen LogP) is 4.43. The molecule has 6 heteroatoms. The van der Waals surface area contributed by atoms with Gasteiger partial charge in [-0.25, -0.2) is 9.97 Å². The average Bonchev–Trinajstić information content (AvgIpc) is 3.28. The van der Waals surface area contributed by atoms with Crippen molar-refractivity contribution in [3.05, 3.63) is 72.7 Å². The molecule has 6 nitrogen and oxygen atoms in total. The van der Waals surface area contributed by atoms with Crippen molar-refractivity contribution in [2.45, 2.75) is 12.8 Å². The molecule has 1 saturated heterocycles. The van der Waals surface area contributed by atoms with E-state index in [1.807, 2.05) is 12.4 Å². The molecule has 1 aliphatic rings. The number of benzene rings is 1. The molecule has 4 heterocycles. The highest BCUT2D eigenvalue weighted by Gasteiger charge is 2.15. The van der Waals surface area contributed by atoms with Gasteiger partial charge in [-0.05, 0) is 72.8 Å². The molecule has 0 radical (unpaired) electrons. The van der Waals surface area contributed by atoms with Crippen molar-refractivity contribution in [3.8, 4) is 11.3 Å².